The first-order valence-electron chi connectivity index (χ1n) is 5.40. The van der Waals surface area contributed by atoms with Crippen LogP contribution in [-0.2, 0) is 4.79 Å². The van der Waals surface area contributed by atoms with E-state index in [4.69, 9.17) is 18.0 Å². The Hall–Kier alpha value is -1.50. The molecule has 0 aromatic heterocycles. The number of hydrogen-bond donors (Lipinski definition) is 2. The molecule has 0 radical (unpaired) electrons. The highest BCUT2D eigenvalue weighted by molar-refractivity contribution is 6.30. The third-order valence-electron chi connectivity index (χ3n) is 2.25. The SMILES string of the molecule is C#CC(CC)NCC(=O)Nc1ccc(Cl)cc1. The van der Waals surface area contributed by atoms with E-state index in [1.54, 1.807) is 24.3 Å². The Morgan fingerprint density at radius 3 is 2.65 bits per heavy atom. The van der Waals surface area contributed by atoms with E-state index < -0.39 is 0 Å². The normalized spacial score (nSPS) is 11.6. The monoisotopic (exact) mass is 250 g/mol. The molecule has 4 heteroatoms. The quantitative estimate of drug-likeness (QED) is 0.788. The van der Waals surface area contributed by atoms with Crippen molar-refractivity contribution in [1.29, 1.82) is 0 Å². The van der Waals surface area contributed by atoms with Crippen molar-refractivity contribution in [3.05, 3.63) is 29.3 Å². The van der Waals surface area contributed by atoms with E-state index in [-0.39, 0.29) is 18.5 Å². The molecule has 3 nitrogen and oxygen atoms in total. The van der Waals surface area contributed by atoms with Gasteiger partial charge in [0.2, 0.25) is 5.91 Å². The van der Waals surface area contributed by atoms with Crippen molar-refractivity contribution in [2.45, 2.75) is 19.4 Å². The molecule has 0 saturated carbocycles. The Balaban J connectivity index is 2.40. The van der Waals surface area contributed by atoms with Gasteiger partial charge in [-0.15, -0.1) is 6.42 Å². The average molecular weight is 251 g/mol. The van der Waals surface area contributed by atoms with Crippen molar-refractivity contribution in [3.63, 3.8) is 0 Å². The average Bonchev–Trinajstić information content (AvgIpc) is 2.33. The molecule has 90 valence electrons. The molecular formula is C13H15ClN2O. The lowest BCUT2D eigenvalue weighted by Crippen LogP contribution is -2.34. The van der Waals surface area contributed by atoms with Gasteiger partial charge in [-0.25, -0.2) is 0 Å². The van der Waals surface area contributed by atoms with Gasteiger partial charge in [0.05, 0.1) is 12.6 Å². The number of anilines is 1. The molecular weight excluding hydrogens is 236 g/mol. The second kappa shape index (κ2) is 6.95. The van der Waals surface area contributed by atoms with Crippen molar-refractivity contribution in [1.82, 2.24) is 5.32 Å². The molecule has 0 aliphatic heterocycles. The molecule has 1 atom stereocenters. The first kappa shape index (κ1) is 13.6. The minimum absolute atomic E-state index is 0.0639. The van der Waals surface area contributed by atoms with Gasteiger partial charge in [0.25, 0.3) is 0 Å². The number of terminal acetylenes is 1. The van der Waals surface area contributed by atoms with Crippen LogP contribution in [0.5, 0.6) is 0 Å². The molecule has 0 spiro atoms. The number of carbonyl (C=O) groups excluding carboxylic acids is 1. The molecule has 0 fully saturated rings. The zero-order valence-corrected chi connectivity index (χ0v) is 10.4. The lowest BCUT2D eigenvalue weighted by molar-refractivity contribution is -0.115. The molecule has 1 amide bonds. The van der Waals surface area contributed by atoms with E-state index in [2.05, 4.69) is 16.6 Å². The van der Waals surface area contributed by atoms with Crippen LogP contribution < -0.4 is 10.6 Å². The molecule has 1 unspecified atom stereocenters. The fourth-order valence-electron chi connectivity index (χ4n) is 1.28. The summed E-state index contributed by atoms with van der Waals surface area (Å²) in [5, 5.41) is 6.36. The topological polar surface area (TPSA) is 41.1 Å². The van der Waals surface area contributed by atoms with Crippen LogP contribution in [0.1, 0.15) is 13.3 Å². The highest BCUT2D eigenvalue weighted by atomic mass is 35.5. The van der Waals surface area contributed by atoms with Gasteiger partial charge >= 0.3 is 0 Å². The van der Waals surface area contributed by atoms with Crippen molar-refractivity contribution < 1.29 is 4.79 Å². The Labute approximate surface area is 107 Å². The van der Waals surface area contributed by atoms with Crippen molar-refractivity contribution in [3.8, 4) is 12.3 Å². The summed E-state index contributed by atoms with van der Waals surface area (Å²) >= 11 is 5.74. The van der Waals surface area contributed by atoms with Crippen LogP contribution >= 0.6 is 11.6 Å². The van der Waals surface area contributed by atoms with Gasteiger partial charge in [-0.3, -0.25) is 10.1 Å². The van der Waals surface area contributed by atoms with E-state index in [1.165, 1.54) is 0 Å². The van der Waals surface area contributed by atoms with Crippen LogP contribution in [0.4, 0.5) is 5.69 Å². The van der Waals surface area contributed by atoms with Crippen molar-refractivity contribution >= 4 is 23.2 Å². The summed E-state index contributed by atoms with van der Waals surface area (Å²) in [5.74, 6) is 2.45. The predicted molar refractivity (Wildman–Crippen MR) is 71.0 cm³/mol. The number of benzene rings is 1. The summed E-state index contributed by atoms with van der Waals surface area (Å²) in [4.78, 5) is 11.6. The maximum absolute atomic E-state index is 11.6. The number of nitrogens with one attached hydrogen (secondary N) is 2. The zero-order chi connectivity index (χ0) is 12.7. The molecule has 0 aliphatic carbocycles. The molecule has 17 heavy (non-hydrogen) atoms. The standard InChI is InChI=1S/C13H15ClN2O/c1-3-11(4-2)15-9-13(17)16-12-7-5-10(14)6-8-12/h1,5-8,11,15H,4,9H2,2H3,(H,16,17). The highest BCUT2D eigenvalue weighted by Gasteiger charge is 2.05. The van der Waals surface area contributed by atoms with Crippen LogP contribution in [0.15, 0.2) is 24.3 Å². The minimum Gasteiger partial charge on any atom is -0.325 e. The van der Waals surface area contributed by atoms with Gasteiger partial charge in [-0.05, 0) is 30.7 Å². The van der Waals surface area contributed by atoms with E-state index in [9.17, 15) is 4.79 Å². The second-order valence-corrected chi connectivity index (χ2v) is 4.00. The summed E-state index contributed by atoms with van der Waals surface area (Å²) in [6.45, 7) is 2.17. The number of halogens is 1. The second-order valence-electron chi connectivity index (χ2n) is 3.56. The summed E-state index contributed by atoms with van der Waals surface area (Å²) in [7, 11) is 0. The smallest absolute Gasteiger partial charge is 0.238 e. The van der Waals surface area contributed by atoms with Crippen LogP contribution in [0.25, 0.3) is 0 Å². The number of carbonyl (C=O) groups is 1. The first-order chi connectivity index (χ1) is 8.15. The first-order valence-corrected chi connectivity index (χ1v) is 5.78. The van der Waals surface area contributed by atoms with E-state index in [0.29, 0.717) is 5.02 Å². The number of amides is 1. The molecule has 0 saturated heterocycles. The Kier molecular flexibility index (Phi) is 5.55. The maximum atomic E-state index is 11.6. The van der Waals surface area contributed by atoms with Crippen molar-refractivity contribution in [2.24, 2.45) is 0 Å². The van der Waals surface area contributed by atoms with E-state index in [0.717, 1.165) is 12.1 Å². The van der Waals surface area contributed by atoms with E-state index in [1.807, 2.05) is 6.92 Å². The summed E-state index contributed by atoms with van der Waals surface area (Å²) in [5.41, 5.74) is 0.718. The summed E-state index contributed by atoms with van der Waals surface area (Å²) in [6.07, 6.45) is 6.08. The molecule has 1 aromatic rings. The van der Waals surface area contributed by atoms with Gasteiger partial charge in [0.1, 0.15) is 0 Å². The van der Waals surface area contributed by atoms with Crippen LogP contribution in [0.3, 0.4) is 0 Å². The molecule has 1 rings (SSSR count). The third-order valence-corrected chi connectivity index (χ3v) is 2.50. The number of hydrogen-bond acceptors (Lipinski definition) is 2. The van der Waals surface area contributed by atoms with Crippen LogP contribution in [-0.4, -0.2) is 18.5 Å². The predicted octanol–water partition coefficient (Wildman–Crippen LogP) is 2.28. The third kappa shape index (κ3) is 4.90. The molecule has 0 heterocycles. The Morgan fingerprint density at radius 1 is 1.47 bits per heavy atom. The fraction of sp³-hybridized carbons (Fsp3) is 0.308. The van der Waals surface area contributed by atoms with Crippen LogP contribution in [0, 0.1) is 12.3 Å². The summed E-state index contributed by atoms with van der Waals surface area (Å²) in [6, 6.07) is 6.88. The lowest BCUT2D eigenvalue weighted by Gasteiger charge is -2.10. The Bertz CT molecular complexity index is 408. The fourth-order valence-corrected chi connectivity index (χ4v) is 1.40. The van der Waals surface area contributed by atoms with Gasteiger partial charge in [0.15, 0.2) is 0 Å². The maximum Gasteiger partial charge on any atom is 0.238 e. The Morgan fingerprint density at radius 2 is 2.12 bits per heavy atom. The lowest BCUT2D eigenvalue weighted by atomic mass is 10.2. The van der Waals surface area contributed by atoms with Gasteiger partial charge < -0.3 is 5.32 Å². The largest absolute Gasteiger partial charge is 0.325 e. The number of rotatable bonds is 5. The van der Waals surface area contributed by atoms with Gasteiger partial charge in [-0.1, -0.05) is 24.4 Å². The highest BCUT2D eigenvalue weighted by Crippen LogP contribution is 2.12. The van der Waals surface area contributed by atoms with Crippen LogP contribution in [0.2, 0.25) is 5.02 Å². The molecule has 2 N–H and O–H groups in total. The van der Waals surface area contributed by atoms with Gasteiger partial charge in [0, 0.05) is 10.7 Å². The van der Waals surface area contributed by atoms with E-state index >= 15 is 0 Å². The minimum atomic E-state index is -0.124. The van der Waals surface area contributed by atoms with Gasteiger partial charge in [-0.2, -0.15) is 0 Å². The molecule has 0 bridgehead atoms. The zero-order valence-electron chi connectivity index (χ0n) is 9.66. The van der Waals surface area contributed by atoms with Crippen molar-refractivity contribution in [2.75, 3.05) is 11.9 Å². The molecule has 0 aliphatic rings. The molecule has 1 aromatic carbocycles. The summed E-state index contributed by atoms with van der Waals surface area (Å²) < 4.78 is 0.